The van der Waals surface area contributed by atoms with Gasteiger partial charge >= 0.3 is 0 Å². The molecule has 0 saturated carbocycles. The van der Waals surface area contributed by atoms with E-state index in [9.17, 15) is 17.6 Å². The van der Waals surface area contributed by atoms with Crippen molar-refractivity contribution in [1.29, 1.82) is 0 Å². The van der Waals surface area contributed by atoms with Crippen molar-refractivity contribution >= 4 is 15.7 Å². The third-order valence-electron chi connectivity index (χ3n) is 4.66. The highest BCUT2D eigenvalue weighted by Gasteiger charge is 2.33. The molecular formula is C19H22FN3O3S. The predicted octanol–water partition coefficient (Wildman–Crippen LogP) is 1.80. The number of benzene rings is 1. The maximum atomic E-state index is 13.0. The quantitative estimate of drug-likeness (QED) is 0.787. The molecule has 1 aliphatic rings. The van der Waals surface area contributed by atoms with Crippen LogP contribution in [0.4, 0.5) is 4.39 Å². The number of piperazine rings is 1. The zero-order valence-corrected chi connectivity index (χ0v) is 15.8. The normalized spacial score (nSPS) is 18.9. The van der Waals surface area contributed by atoms with Crippen molar-refractivity contribution in [3.63, 3.8) is 0 Å². The number of carbonyl (C=O) groups excluding carboxylic acids is 1. The van der Waals surface area contributed by atoms with Crippen LogP contribution in [0, 0.1) is 11.7 Å². The zero-order valence-electron chi connectivity index (χ0n) is 15.0. The van der Waals surface area contributed by atoms with Gasteiger partial charge in [-0.2, -0.15) is 0 Å². The van der Waals surface area contributed by atoms with Crippen molar-refractivity contribution in [3.05, 3.63) is 60.2 Å². The number of rotatable bonds is 5. The maximum Gasteiger partial charge on any atom is 0.227 e. The Morgan fingerprint density at radius 3 is 2.74 bits per heavy atom. The lowest BCUT2D eigenvalue weighted by atomic mass is 10.0. The molecule has 2 heterocycles. The van der Waals surface area contributed by atoms with Crippen LogP contribution in [0.2, 0.25) is 0 Å². The number of hydrogen-bond acceptors (Lipinski definition) is 5. The Morgan fingerprint density at radius 2 is 2.07 bits per heavy atom. The number of amides is 1. The van der Waals surface area contributed by atoms with Gasteiger partial charge in [0.1, 0.15) is 5.82 Å². The summed E-state index contributed by atoms with van der Waals surface area (Å²) in [6, 6.07) is 8.20. The van der Waals surface area contributed by atoms with Crippen molar-refractivity contribution < 1.29 is 17.6 Å². The van der Waals surface area contributed by atoms with Crippen LogP contribution in [-0.2, 0) is 14.6 Å². The van der Waals surface area contributed by atoms with Crippen molar-refractivity contribution in [2.24, 2.45) is 5.92 Å². The van der Waals surface area contributed by atoms with Crippen LogP contribution in [0.25, 0.3) is 0 Å². The SMILES string of the molecule is CC(CS(=O)(=O)c1ccc(F)cc1)C(=O)N1CCNCC1c1cccnc1. The van der Waals surface area contributed by atoms with Gasteiger partial charge in [-0.3, -0.25) is 9.78 Å². The van der Waals surface area contributed by atoms with Gasteiger partial charge in [-0.1, -0.05) is 13.0 Å². The van der Waals surface area contributed by atoms with E-state index in [4.69, 9.17) is 0 Å². The maximum absolute atomic E-state index is 13.0. The standard InChI is InChI=1S/C19H22FN3O3S/c1-14(13-27(25,26)17-6-4-16(20)5-7-17)19(24)23-10-9-22-12-18(23)15-3-2-8-21-11-15/h2-8,11,14,18,22H,9-10,12-13H2,1H3. The first kappa shape index (κ1) is 19.4. The summed E-state index contributed by atoms with van der Waals surface area (Å²) in [5.74, 6) is -1.74. The molecule has 0 aliphatic carbocycles. The number of halogens is 1. The molecule has 0 bridgehead atoms. The number of pyridine rings is 1. The molecule has 27 heavy (non-hydrogen) atoms. The van der Waals surface area contributed by atoms with E-state index >= 15 is 0 Å². The number of carbonyl (C=O) groups is 1. The molecular weight excluding hydrogens is 369 g/mol. The monoisotopic (exact) mass is 391 g/mol. The Balaban J connectivity index is 1.76. The highest BCUT2D eigenvalue weighted by molar-refractivity contribution is 7.91. The molecule has 3 rings (SSSR count). The van der Waals surface area contributed by atoms with E-state index in [2.05, 4.69) is 10.3 Å². The molecule has 2 unspecified atom stereocenters. The second-order valence-electron chi connectivity index (χ2n) is 6.67. The van der Waals surface area contributed by atoms with Gasteiger partial charge in [-0.25, -0.2) is 12.8 Å². The average Bonchev–Trinajstić information content (AvgIpc) is 2.68. The number of hydrogen-bond donors (Lipinski definition) is 1. The van der Waals surface area contributed by atoms with Gasteiger partial charge in [-0.15, -0.1) is 0 Å². The molecule has 1 aromatic heterocycles. The van der Waals surface area contributed by atoms with E-state index in [1.54, 1.807) is 24.2 Å². The summed E-state index contributed by atoms with van der Waals surface area (Å²) < 4.78 is 38.2. The summed E-state index contributed by atoms with van der Waals surface area (Å²) in [6.45, 7) is 3.36. The van der Waals surface area contributed by atoms with Crippen LogP contribution in [-0.4, -0.2) is 49.6 Å². The molecule has 1 fully saturated rings. The first-order valence-electron chi connectivity index (χ1n) is 8.78. The van der Waals surface area contributed by atoms with Crippen molar-refractivity contribution in [1.82, 2.24) is 15.2 Å². The number of nitrogens with zero attached hydrogens (tertiary/aromatic N) is 2. The molecule has 144 valence electrons. The lowest BCUT2D eigenvalue weighted by molar-refractivity contribution is -0.137. The minimum absolute atomic E-state index is 0.0210. The fourth-order valence-electron chi connectivity index (χ4n) is 3.26. The van der Waals surface area contributed by atoms with E-state index < -0.39 is 21.6 Å². The Bertz CT molecular complexity index is 888. The van der Waals surface area contributed by atoms with Crippen LogP contribution < -0.4 is 5.32 Å². The summed E-state index contributed by atoms with van der Waals surface area (Å²) in [4.78, 5) is 18.9. The zero-order chi connectivity index (χ0) is 19.4. The summed E-state index contributed by atoms with van der Waals surface area (Å²) in [7, 11) is -3.68. The second kappa shape index (κ2) is 8.14. The number of aromatic nitrogens is 1. The molecule has 1 aliphatic heterocycles. The topological polar surface area (TPSA) is 79.4 Å². The third kappa shape index (κ3) is 4.51. The molecule has 8 heteroatoms. The molecule has 1 amide bonds. The first-order chi connectivity index (χ1) is 12.9. The van der Waals surface area contributed by atoms with Crippen LogP contribution in [0.15, 0.2) is 53.7 Å². The van der Waals surface area contributed by atoms with Gasteiger partial charge in [0.2, 0.25) is 5.91 Å². The molecule has 2 aromatic rings. The molecule has 6 nitrogen and oxygen atoms in total. The summed E-state index contributed by atoms with van der Waals surface area (Å²) in [6.07, 6.45) is 3.39. The first-order valence-corrected chi connectivity index (χ1v) is 10.4. The molecule has 0 spiro atoms. The van der Waals surface area contributed by atoms with Gasteiger partial charge in [-0.05, 0) is 35.9 Å². The molecule has 1 saturated heterocycles. The third-order valence-corrected chi connectivity index (χ3v) is 6.59. The Hall–Kier alpha value is -2.32. The molecule has 2 atom stereocenters. The fourth-order valence-corrected chi connectivity index (χ4v) is 4.80. The lowest BCUT2D eigenvalue weighted by Gasteiger charge is -2.37. The van der Waals surface area contributed by atoms with Crippen LogP contribution >= 0.6 is 0 Å². The van der Waals surface area contributed by atoms with Gasteiger partial charge in [0.05, 0.1) is 16.7 Å². The molecule has 0 radical (unpaired) electrons. The summed E-state index contributed by atoms with van der Waals surface area (Å²) in [5, 5.41) is 3.26. The largest absolute Gasteiger partial charge is 0.333 e. The minimum atomic E-state index is -3.68. The molecule has 1 N–H and O–H groups in total. The summed E-state index contributed by atoms with van der Waals surface area (Å²) >= 11 is 0. The van der Waals surface area contributed by atoms with Crippen LogP contribution in [0.1, 0.15) is 18.5 Å². The van der Waals surface area contributed by atoms with Crippen LogP contribution in [0.3, 0.4) is 0 Å². The van der Waals surface area contributed by atoms with E-state index in [1.165, 1.54) is 12.1 Å². The van der Waals surface area contributed by atoms with E-state index in [0.717, 1.165) is 17.7 Å². The smallest absolute Gasteiger partial charge is 0.227 e. The van der Waals surface area contributed by atoms with Crippen LogP contribution in [0.5, 0.6) is 0 Å². The second-order valence-corrected chi connectivity index (χ2v) is 8.71. The van der Waals surface area contributed by atoms with Crippen molar-refractivity contribution in [2.45, 2.75) is 17.9 Å². The lowest BCUT2D eigenvalue weighted by Crippen LogP contribution is -2.50. The van der Waals surface area contributed by atoms with Gasteiger partial charge in [0.25, 0.3) is 0 Å². The number of sulfone groups is 1. The Labute approximate surface area is 158 Å². The average molecular weight is 391 g/mol. The molecule has 1 aromatic carbocycles. The number of nitrogens with one attached hydrogen (secondary N) is 1. The highest BCUT2D eigenvalue weighted by atomic mass is 32.2. The van der Waals surface area contributed by atoms with E-state index in [0.29, 0.717) is 19.6 Å². The Kier molecular flexibility index (Phi) is 5.86. The fraction of sp³-hybridized carbons (Fsp3) is 0.368. The van der Waals surface area contributed by atoms with E-state index in [-0.39, 0.29) is 22.6 Å². The van der Waals surface area contributed by atoms with Crippen molar-refractivity contribution in [3.8, 4) is 0 Å². The predicted molar refractivity (Wildman–Crippen MR) is 99.2 cm³/mol. The van der Waals surface area contributed by atoms with Crippen molar-refractivity contribution in [2.75, 3.05) is 25.4 Å². The Morgan fingerprint density at radius 1 is 1.33 bits per heavy atom. The van der Waals surface area contributed by atoms with Gasteiger partial charge in [0.15, 0.2) is 9.84 Å². The van der Waals surface area contributed by atoms with E-state index in [1.807, 2.05) is 12.1 Å². The van der Waals surface area contributed by atoms with Gasteiger partial charge in [0, 0.05) is 37.9 Å². The highest BCUT2D eigenvalue weighted by Crippen LogP contribution is 2.24. The minimum Gasteiger partial charge on any atom is -0.333 e. The van der Waals surface area contributed by atoms with Gasteiger partial charge < -0.3 is 10.2 Å². The summed E-state index contributed by atoms with van der Waals surface area (Å²) in [5.41, 5.74) is 0.909.